The molecule has 3 aromatic rings. The normalized spacial score (nSPS) is 16.2. The maximum atomic E-state index is 12.9. The van der Waals surface area contributed by atoms with Crippen LogP contribution in [0.5, 0.6) is 0 Å². The van der Waals surface area contributed by atoms with Crippen LogP contribution in [0.3, 0.4) is 0 Å². The molecule has 4 rings (SSSR count). The molecule has 1 amide bonds. The fourth-order valence-electron chi connectivity index (χ4n) is 3.74. The summed E-state index contributed by atoms with van der Waals surface area (Å²) in [5.74, 6) is -0.117. The van der Waals surface area contributed by atoms with Gasteiger partial charge in [0.15, 0.2) is 5.69 Å². The van der Waals surface area contributed by atoms with Crippen LogP contribution in [-0.4, -0.2) is 55.4 Å². The molecular formula is C21H27N9O2. The number of nitrogens with zero attached hydrogens (tertiary/aromatic N) is 7. The fraction of sp³-hybridized carbons (Fsp3) is 0.429. The van der Waals surface area contributed by atoms with E-state index >= 15 is 0 Å². The minimum Gasteiger partial charge on any atom is -0.378 e. The third kappa shape index (κ3) is 4.99. The SMILES string of the molecule is C[C@@H](/C=N\NC(=O)c1nnn(-c2nonc2N)c1CN1CCCCCC1)c1ccccc1. The highest BCUT2D eigenvalue weighted by molar-refractivity contribution is 5.93. The van der Waals surface area contributed by atoms with Gasteiger partial charge in [0.1, 0.15) is 0 Å². The van der Waals surface area contributed by atoms with Crippen molar-refractivity contribution in [1.82, 2.24) is 35.6 Å². The predicted octanol–water partition coefficient (Wildman–Crippen LogP) is 2.13. The summed E-state index contributed by atoms with van der Waals surface area (Å²) in [7, 11) is 0. The molecule has 11 heteroatoms. The monoisotopic (exact) mass is 437 g/mol. The number of amides is 1. The van der Waals surface area contributed by atoms with Crippen LogP contribution < -0.4 is 11.2 Å². The Kier molecular flexibility index (Phi) is 6.85. The van der Waals surface area contributed by atoms with E-state index in [1.165, 1.54) is 17.5 Å². The number of hydrazone groups is 1. The van der Waals surface area contributed by atoms with Crippen molar-refractivity contribution < 1.29 is 9.42 Å². The van der Waals surface area contributed by atoms with E-state index in [0.717, 1.165) is 31.5 Å². The van der Waals surface area contributed by atoms with Crippen LogP contribution in [0.4, 0.5) is 5.82 Å². The molecule has 168 valence electrons. The van der Waals surface area contributed by atoms with E-state index in [1.54, 1.807) is 6.21 Å². The van der Waals surface area contributed by atoms with E-state index in [0.29, 0.717) is 12.2 Å². The summed E-state index contributed by atoms with van der Waals surface area (Å²) in [6, 6.07) is 9.92. The van der Waals surface area contributed by atoms with E-state index in [2.05, 4.69) is 36.1 Å². The summed E-state index contributed by atoms with van der Waals surface area (Å²) in [5.41, 5.74) is 10.3. The van der Waals surface area contributed by atoms with Gasteiger partial charge in [0.25, 0.3) is 5.91 Å². The largest absolute Gasteiger partial charge is 0.378 e. The number of benzene rings is 1. The van der Waals surface area contributed by atoms with Gasteiger partial charge in [-0.05, 0) is 41.8 Å². The summed E-state index contributed by atoms with van der Waals surface area (Å²) >= 11 is 0. The van der Waals surface area contributed by atoms with Crippen molar-refractivity contribution in [3.05, 3.63) is 47.3 Å². The number of aromatic nitrogens is 5. The van der Waals surface area contributed by atoms with Gasteiger partial charge in [-0.2, -0.15) is 9.78 Å². The Morgan fingerprint density at radius 2 is 1.97 bits per heavy atom. The van der Waals surface area contributed by atoms with Crippen molar-refractivity contribution in [3.8, 4) is 5.82 Å². The van der Waals surface area contributed by atoms with E-state index in [4.69, 9.17) is 10.4 Å². The first-order valence-electron chi connectivity index (χ1n) is 10.8. The molecule has 1 aromatic carbocycles. The van der Waals surface area contributed by atoms with Gasteiger partial charge in [0.05, 0.1) is 5.69 Å². The second-order valence-electron chi connectivity index (χ2n) is 7.88. The molecule has 3 heterocycles. The summed E-state index contributed by atoms with van der Waals surface area (Å²) in [5, 5.41) is 19.8. The Hall–Kier alpha value is -3.60. The number of nitrogens with one attached hydrogen (secondary N) is 1. The molecule has 11 nitrogen and oxygen atoms in total. The molecule has 2 aromatic heterocycles. The Balaban J connectivity index is 1.54. The molecule has 0 spiro atoms. The maximum absolute atomic E-state index is 12.9. The standard InChI is InChI=1S/C21H27N9O2/c1-15(16-9-5-4-6-10-16)13-23-25-21(31)18-17(14-29-11-7-2-3-8-12-29)30(28-24-18)20-19(22)26-32-27-20/h4-6,9-10,13,15H,2-3,7-8,11-12,14H2,1H3,(H2,22,26)(H,25,31)/b23-13-/t15-/m0/s1. The van der Waals surface area contributed by atoms with E-state index in [-0.39, 0.29) is 23.2 Å². The molecule has 0 unspecified atom stereocenters. The number of likely N-dealkylation sites (tertiary alicyclic amines) is 1. The molecule has 1 aliphatic rings. The first-order valence-corrected chi connectivity index (χ1v) is 10.8. The lowest BCUT2D eigenvalue weighted by Crippen LogP contribution is -2.28. The number of nitrogen functional groups attached to an aromatic ring is 1. The number of anilines is 1. The number of nitrogens with two attached hydrogens (primary N) is 1. The second kappa shape index (κ2) is 10.1. The zero-order valence-electron chi connectivity index (χ0n) is 18.0. The van der Waals surface area contributed by atoms with Crippen LogP contribution in [0, 0.1) is 0 Å². The van der Waals surface area contributed by atoms with Gasteiger partial charge >= 0.3 is 0 Å². The molecule has 3 N–H and O–H groups in total. The second-order valence-corrected chi connectivity index (χ2v) is 7.88. The average Bonchev–Trinajstić information content (AvgIpc) is 3.31. The molecule has 32 heavy (non-hydrogen) atoms. The number of hydrogen-bond donors (Lipinski definition) is 2. The summed E-state index contributed by atoms with van der Waals surface area (Å²) in [4.78, 5) is 15.2. The summed E-state index contributed by atoms with van der Waals surface area (Å²) < 4.78 is 6.14. The molecule has 1 aliphatic heterocycles. The highest BCUT2D eigenvalue weighted by Gasteiger charge is 2.25. The van der Waals surface area contributed by atoms with Gasteiger partial charge in [0, 0.05) is 18.7 Å². The zero-order chi connectivity index (χ0) is 22.3. The first-order chi connectivity index (χ1) is 15.6. The van der Waals surface area contributed by atoms with Gasteiger partial charge in [-0.15, -0.1) is 5.10 Å². The number of carbonyl (C=O) groups excluding carboxylic acids is 1. The van der Waals surface area contributed by atoms with Crippen molar-refractivity contribution in [2.24, 2.45) is 5.10 Å². The lowest BCUT2D eigenvalue weighted by atomic mass is 10.0. The molecule has 1 atom stereocenters. The smallest absolute Gasteiger partial charge is 0.293 e. The Morgan fingerprint density at radius 1 is 1.22 bits per heavy atom. The Morgan fingerprint density at radius 3 is 2.66 bits per heavy atom. The zero-order valence-corrected chi connectivity index (χ0v) is 18.0. The van der Waals surface area contributed by atoms with Crippen molar-refractivity contribution in [2.75, 3.05) is 18.8 Å². The number of carbonyl (C=O) groups is 1. The first kappa shape index (κ1) is 21.6. The van der Waals surface area contributed by atoms with Crippen LogP contribution in [0.2, 0.25) is 0 Å². The minimum atomic E-state index is -0.451. The van der Waals surface area contributed by atoms with Crippen molar-refractivity contribution in [1.29, 1.82) is 0 Å². The third-order valence-electron chi connectivity index (χ3n) is 5.54. The predicted molar refractivity (Wildman–Crippen MR) is 118 cm³/mol. The van der Waals surface area contributed by atoms with Gasteiger partial charge < -0.3 is 5.73 Å². The molecule has 0 saturated carbocycles. The molecular weight excluding hydrogens is 410 g/mol. The molecule has 0 aliphatic carbocycles. The van der Waals surface area contributed by atoms with E-state index < -0.39 is 5.91 Å². The quantitative estimate of drug-likeness (QED) is 0.423. The van der Waals surface area contributed by atoms with E-state index in [1.807, 2.05) is 37.3 Å². The van der Waals surface area contributed by atoms with Crippen molar-refractivity contribution >= 4 is 17.9 Å². The minimum absolute atomic E-state index is 0.0461. The highest BCUT2D eigenvalue weighted by atomic mass is 16.6. The van der Waals surface area contributed by atoms with Gasteiger partial charge in [-0.1, -0.05) is 55.3 Å². The summed E-state index contributed by atoms with van der Waals surface area (Å²) in [6.07, 6.45) is 6.31. The number of rotatable bonds is 7. The molecule has 0 bridgehead atoms. The topological polar surface area (TPSA) is 140 Å². The average molecular weight is 438 g/mol. The lowest BCUT2D eigenvalue weighted by Gasteiger charge is -2.20. The Labute approximate surface area is 185 Å². The third-order valence-corrected chi connectivity index (χ3v) is 5.54. The molecule has 0 radical (unpaired) electrons. The van der Waals surface area contributed by atoms with Crippen LogP contribution in [0.15, 0.2) is 40.1 Å². The Bertz CT molecular complexity index is 1050. The molecule has 1 saturated heterocycles. The van der Waals surface area contributed by atoms with Crippen molar-refractivity contribution in [3.63, 3.8) is 0 Å². The number of hydrogen-bond acceptors (Lipinski definition) is 9. The summed E-state index contributed by atoms with van der Waals surface area (Å²) in [6.45, 7) is 4.36. The van der Waals surface area contributed by atoms with Crippen LogP contribution in [-0.2, 0) is 6.54 Å². The highest BCUT2D eigenvalue weighted by Crippen LogP contribution is 2.20. The maximum Gasteiger partial charge on any atom is 0.293 e. The lowest BCUT2D eigenvalue weighted by molar-refractivity contribution is 0.0947. The van der Waals surface area contributed by atoms with Crippen LogP contribution >= 0.6 is 0 Å². The van der Waals surface area contributed by atoms with Gasteiger partial charge in [0.2, 0.25) is 11.6 Å². The molecule has 1 fully saturated rings. The van der Waals surface area contributed by atoms with Crippen LogP contribution in [0.25, 0.3) is 5.82 Å². The van der Waals surface area contributed by atoms with Crippen LogP contribution in [0.1, 0.15) is 60.3 Å². The van der Waals surface area contributed by atoms with Gasteiger partial charge in [-0.25, -0.2) is 10.1 Å². The van der Waals surface area contributed by atoms with Gasteiger partial charge in [-0.3, -0.25) is 9.69 Å². The fourth-order valence-corrected chi connectivity index (χ4v) is 3.74. The van der Waals surface area contributed by atoms with Crippen molar-refractivity contribution in [2.45, 2.75) is 45.1 Å². The van der Waals surface area contributed by atoms with E-state index in [9.17, 15) is 4.79 Å².